The predicted octanol–water partition coefficient (Wildman–Crippen LogP) is 1.85. The second-order valence-electron chi connectivity index (χ2n) is 2.86. The first kappa shape index (κ1) is 9.02. The van der Waals surface area contributed by atoms with Gasteiger partial charge in [0.25, 0.3) is 0 Å². The summed E-state index contributed by atoms with van der Waals surface area (Å²) in [6.07, 6.45) is 3.07. The van der Waals surface area contributed by atoms with Gasteiger partial charge in [-0.3, -0.25) is 0 Å². The first-order valence-corrected chi connectivity index (χ1v) is 5.62. The van der Waals surface area contributed by atoms with E-state index >= 15 is 0 Å². The van der Waals surface area contributed by atoms with Crippen molar-refractivity contribution in [2.24, 2.45) is 0 Å². The van der Waals surface area contributed by atoms with Gasteiger partial charge in [0.15, 0.2) is 0 Å². The zero-order valence-corrected chi connectivity index (χ0v) is 8.16. The van der Waals surface area contributed by atoms with Gasteiger partial charge in [0.05, 0.1) is 9.79 Å². The molecule has 0 spiro atoms. The van der Waals surface area contributed by atoms with Crippen LogP contribution in [0.2, 0.25) is 0 Å². The molecule has 0 aliphatic heterocycles. The highest BCUT2D eigenvalue weighted by Gasteiger charge is 2.16. The number of aromatic amines is 1. The third kappa shape index (κ3) is 1.44. The Morgan fingerprint density at radius 1 is 0.929 bits per heavy atom. The molecule has 1 aromatic heterocycles. The van der Waals surface area contributed by atoms with E-state index in [0.29, 0.717) is 9.79 Å². The highest BCUT2D eigenvalue weighted by molar-refractivity contribution is 7.91. The van der Waals surface area contributed by atoms with Crippen LogP contribution in [0.25, 0.3) is 0 Å². The highest BCUT2D eigenvalue weighted by Crippen LogP contribution is 2.19. The average molecular weight is 207 g/mol. The van der Waals surface area contributed by atoms with Gasteiger partial charge >= 0.3 is 0 Å². The van der Waals surface area contributed by atoms with Crippen molar-refractivity contribution in [3.63, 3.8) is 0 Å². The van der Waals surface area contributed by atoms with Crippen LogP contribution in [0.3, 0.4) is 0 Å². The van der Waals surface area contributed by atoms with E-state index in [1.807, 2.05) is 0 Å². The van der Waals surface area contributed by atoms with Crippen LogP contribution >= 0.6 is 0 Å². The van der Waals surface area contributed by atoms with Crippen LogP contribution in [-0.4, -0.2) is 13.4 Å². The van der Waals surface area contributed by atoms with Crippen molar-refractivity contribution in [2.45, 2.75) is 9.79 Å². The van der Waals surface area contributed by atoms with Crippen molar-refractivity contribution >= 4 is 9.84 Å². The minimum Gasteiger partial charge on any atom is -0.366 e. The Morgan fingerprint density at radius 3 is 2.21 bits per heavy atom. The lowest BCUT2D eigenvalue weighted by Crippen LogP contribution is -1.99. The molecule has 0 unspecified atom stereocenters. The molecule has 4 heteroatoms. The third-order valence-corrected chi connectivity index (χ3v) is 3.70. The van der Waals surface area contributed by atoms with Gasteiger partial charge in [-0.05, 0) is 18.2 Å². The fraction of sp³-hybridized carbons (Fsp3) is 0. The average Bonchev–Trinajstić information content (AvgIpc) is 2.72. The first-order chi connectivity index (χ1) is 6.71. The maximum atomic E-state index is 11.9. The molecule has 3 nitrogen and oxygen atoms in total. The van der Waals surface area contributed by atoms with Crippen LogP contribution in [0.15, 0.2) is 58.6 Å². The fourth-order valence-electron chi connectivity index (χ4n) is 1.21. The number of hydrogen-bond donors (Lipinski definition) is 1. The van der Waals surface area contributed by atoms with Crippen molar-refractivity contribution < 1.29 is 8.42 Å². The molecule has 0 aliphatic carbocycles. The van der Waals surface area contributed by atoms with E-state index < -0.39 is 9.84 Å². The van der Waals surface area contributed by atoms with Crippen molar-refractivity contribution in [3.05, 3.63) is 48.8 Å². The molecule has 1 N–H and O–H groups in total. The summed E-state index contributed by atoms with van der Waals surface area (Å²) in [4.78, 5) is 3.34. The molecule has 0 saturated heterocycles. The van der Waals surface area contributed by atoms with Gasteiger partial charge in [-0.25, -0.2) is 8.42 Å². The predicted molar refractivity (Wildman–Crippen MR) is 52.7 cm³/mol. The number of sulfone groups is 1. The van der Waals surface area contributed by atoms with Gasteiger partial charge < -0.3 is 4.98 Å². The fourth-order valence-corrected chi connectivity index (χ4v) is 2.47. The molecular formula is C10H9NO2S. The summed E-state index contributed by atoms with van der Waals surface area (Å²) >= 11 is 0. The van der Waals surface area contributed by atoms with Gasteiger partial charge in [-0.15, -0.1) is 0 Å². The lowest BCUT2D eigenvalue weighted by Gasteiger charge is -2.00. The van der Waals surface area contributed by atoms with Gasteiger partial charge in [-0.1, -0.05) is 18.2 Å². The van der Waals surface area contributed by atoms with Crippen molar-refractivity contribution in [3.8, 4) is 0 Å². The van der Waals surface area contributed by atoms with Crippen molar-refractivity contribution in [2.75, 3.05) is 0 Å². The minimum absolute atomic E-state index is 0.295. The molecule has 0 amide bonds. The Kier molecular flexibility index (Phi) is 2.13. The lowest BCUT2D eigenvalue weighted by molar-refractivity contribution is 0.596. The minimum atomic E-state index is -3.33. The number of H-pyrrole nitrogens is 1. The molecular weight excluding hydrogens is 198 g/mol. The molecule has 72 valence electrons. The number of rotatable bonds is 2. The lowest BCUT2D eigenvalue weighted by atomic mass is 10.4. The summed E-state index contributed by atoms with van der Waals surface area (Å²) in [6, 6.07) is 9.92. The van der Waals surface area contributed by atoms with E-state index in [4.69, 9.17) is 0 Å². The standard InChI is InChI=1S/C10H9NO2S/c12-14(13,10-6-7-11-8-10)9-4-2-1-3-5-9/h1-8,11H. The maximum Gasteiger partial charge on any atom is 0.208 e. The highest BCUT2D eigenvalue weighted by atomic mass is 32.2. The van der Waals surface area contributed by atoms with Crippen LogP contribution in [0.1, 0.15) is 0 Å². The molecule has 0 bridgehead atoms. The van der Waals surface area contributed by atoms with Crippen LogP contribution < -0.4 is 0 Å². The van der Waals surface area contributed by atoms with Crippen molar-refractivity contribution in [1.29, 1.82) is 0 Å². The Bertz CT molecular complexity index is 500. The maximum absolute atomic E-state index is 11.9. The first-order valence-electron chi connectivity index (χ1n) is 4.14. The van der Waals surface area contributed by atoms with Gasteiger partial charge in [0.1, 0.15) is 0 Å². The molecule has 1 aromatic carbocycles. The monoisotopic (exact) mass is 207 g/mol. The molecule has 14 heavy (non-hydrogen) atoms. The van der Waals surface area contributed by atoms with E-state index in [1.54, 1.807) is 42.6 Å². The Labute approximate surface area is 82.3 Å². The summed E-state index contributed by atoms with van der Waals surface area (Å²) in [5, 5.41) is 0. The summed E-state index contributed by atoms with van der Waals surface area (Å²) < 4.78 is 23.7. The van der Waals surface area contributed by atoms with Crippen molar-refractivity contribution in [1.82, 2.24) is 4.98 Å². The number of hydrogen-bond acceptors (Lipinski definition) is 2. The van der Waals surface area contributed by atoms with E-state index in [1.165, 1.54) is 6.20 Å². The second-order valence-corrected chi connectivity index (χ2v) is 4.81. The number of nitrogens with one attached hydrogen (secondary N) is 1. The molecule has 0 atom stereocenters. The van der Waals surface area contributed by atoms with Crippen LogP contribution in [0, 0.1) is 0 Å². The van der Waals surface area contributed by atoms with Crippen LogP contribution in [0.5, 0.6) is 0 Å². The zero-order chi connectivity index (χ0) is 10.0. The van der Waals surface area contributed by atoms with Crippen LogP contribution in [0.4, 0.5) is 0 Å². The second kappa shape index (κ2) is 3.31. The number of aromatic nitrogens is 1. The molecule has 1 heterocycles. The summed E-state index contributed by atoms with van der Waals surface area (Å²) in [5.41, 5.74) is 0. The SMILES string of the molecule is O=S(=O)(c1ccccc1)c1cc[nH]c1. The van der Waals surface area contributed by atoms with Gasteiger partial charge in [0.2, 0.25) is 9.84 Å². The van der Waals surface area contributed by atoms with E-state index in [9.17, 15) is 8.42 Å². The quantitative estimate of drug-likeness (QED) is 0.817. The van der Waals surface area contributed by atoms with E-state index in [2.05, 4.69) is 4.98 Å². The summed E-state index contributed by atoms with van der Waals surface area (Å²) in [6.45, 7) is 0. The molecule has 0 aliphatic rings. The van der Waals surface area contributed by atoms with Gasteiger partial charge in [-0.2, -0.15) is 0 Å². The zero-order valence-electron chi connectivity index (χ0n) is 7.34. The Balaban J connectivity index is 2.55. The molecule has 0 radical (unpaired) electrons. The molecule has 2 aromatic rings. The smallest absolute Gasteiger partial charge is 0.208 e. The third-order valence-electron chi connectivity index (χ3n) is 1.93. The largest absolute Gasteiger partial charge is 0.366 e. The van der Waals surface area contributed by atoms with Gasteiger partial charge in [0, 0.05) is 12.4 Å². The normalized spacial score (nSPS) is 11.4. The number of benzene rings is 1. The summed E-state index contributed by atoms with van der Waals surface area (Å²) in [5.74, 6) is 0. The van der Waals surface area contributed by atoms with Crippen LogP contribution in [-0.2, 0) is 9.84 Å². The molecule has 0 saturated carbocycles. The van der Waals surface area contributed by atoms with E-state index in [0.717, 1.165) is 0 Å². The summed E-state index contributed by atoms with van der Waals surface area (Å²) in [7, 11) is -3.33. The Morgan fingerprint density at radius 2 is 1.64 bits per heavy atom. The van der Waals surface area contributed by atoms with E-state index in [-0.39, 0.29) is 0 Å². The Hall–Kier alpha value is -1.55. The molecule has 0 fully saturated rings. The topological polar surface area (TPSA) is 49.9 Å². The molecule has 2 rings (SSSR count).